The van der Waals surface area contributed by atoms with Crippen LogP contribution in [0.2, 0.25) is 0 Å². The van der Waals surface area contributed by atoms with E-state index >= 15 is 0 Å². The number of unbranched alkanes of at least 4 members (excludes halogenated alkanes) is 32. The molecule has 0 bridgehead atoms. The molecule has 3 N–H and O–H groups in total. The fourth-order valence-electron chi connectivity index (χ4n) is 7.44. The first-order chi connectivity index (χ1) is 27.7. The van der Waals surface area contributed by atoms with E-state index in [1.807, 2.05) is 6.08 Å². The predicted octanol–water partition coefficient (Wildman–Crippen LogP) is 15.9. The second-order valence-electron chi connectivity index (χ2n) is 16.9. The minimum Gasteiger partial charge on any atom is -0.394 e. The van der Waals surface area contributed by atoms with Crippen LogP contribution in [0.15, 0.2) is 48.6 Å². The smallest absolute Gasteiger partial charge is 0.220 e. The molecule has 0 aromatic rings. The zero-order valence-corrected chi connectivity index (χ0v) is 37.7. The molecule has 2 atom stereocenters. The number of amides is 1. The SMILES string of the molecule is CCCCCCCCCC/C=C\CCCCCCCCCC(=O)NC(CO)C(O)/C=C/CC/C=C/CC/C=C/CCCCCCCCCCCCCCCCC. The third kappa shape index (κ3) is 43.5. The number of allylic oxidation sites excluding steroid dienone is 7. The number of hydrogen-bond acceptors (Lipinski definition) is 3. The van der Waals surface area contributed by atoms with E-state index in [0.29, 0.717) is 6.42 Å². The Morgan fingerprint density at radius 1 is 0.411 bits per heavy atom. The highest BCUT2D eigenvalue weighted by Crippen LogP contribution is 2.15. The summed E-state index contributed by atoms with van der Waals surface area (Å²) in [6.45, 7) is 4.31. The highest BCUT2D eigenvalue weighted by atomic mass is 16.3. The van der Waals surface area contributed by atoms with Crippen molar-refractivity contribution in [3.05, 3.63) is 48.6 Å². The highest BCUT2D eigenvalue weighted by Gasteiger charge is 2.17. The fourth-order valence-corrected chi connectivity index (χ4v) is 7.44. The summed E-state index contributed by atoms with van der Waals surface area (Å²) < 4.78 is 0. The van der Waals surface area contributed by atoms with Gasteiger partial charge in [0.2, 0.25) is 5.91 Å². The van der Waals surface area contributed by atoms with Crippen LogP contribution in [0.5, 0.6) is 0 Å². The summed E-state index contributed by atoms with van der Waals surface area (Å²) in [7, 11) is 0. The number of rotatable bonds is 45. The molecule has 4 nitrogen and oxygen atoms in total. The van der Waals surface area contributed by atoms with Gasteiger partial charge in [0.1, 0.15) is 0 Å². The van der Waals surface area contributed by atoms with Crippen molar-refractivity contribution in [3.8, 4) is 0 Å². The van der Waals surface area contributed by atoms with Gasteiger partial charge in [0, 0.05) is 6.42 Å². The van der Waals surface area contributed by atoms with E-state index < -0.39 is 12.1 Å². The molecule has 0 saturated carbocycles. The molecular weight excluding hydrogens is 687 g/mol. The summed E-state index contributed by atoms with van der Waals surface area (Å²) in [5.41, 5.74) is 0. The van der Waals surface area contributed by atoms with Crippen molar-refractivity contribution < 1.29 is 15.0 Å². The number of carbonyl (C=O) groups excluding carboxylic acids is 1. The molecule has 0 rings (SSSR count). The first-order valence-electron chi connectivity index (χ1n) is 24.9. The van der Waals surface area contributed by atoms with Crippen LogP contribution in [-0.4, -0.2) is 34.9 Å². The van der Waals surface area contributed by atoms with Gasteiger partial charge < -0.3 is 15.5 Å². The topological polar surface area (TPSA) is 69.6 Å². The predicted molar refractivity (Wildman–Crippen MR) is 248 cm³/mol. The van der Waals surface area contributed by atoms with E-state index in [9.17, 15) is 15.0 Å². The summed E-state index contributed by atoms with van der Waals surface area (Å²) in [6.07, 6.45) is 65.3. The standard InChI is InChI=1S/C52H97NO3/c1-3-5-7-9-11-13-15-17-19-21-23-24-25-26-27-28-30-31-33-35-37-39-41-43-45-47-51(55)50(49-54)53-52(56)48-46-44-42-40-38-36-34-32-29-22-20-18-16-14-12-10-8-6-4-2/h22,29-31,37,39,45,47,50-51,54-55H,3-21,23-28,32-36,38,40-44,46,48-49H2,1-2H3,(H,53,56)/b29-22-,31-30+,39-37+,47-45+. The van der Waals surface area contributed by atoms with Crippen LogP contribution in [-0.2, 0) is 4.79 Å². The Labute approximate surface area is 350 Å². The number of hydrogen-bond donors (Lipinski definition) is 3. The summed E-state index contributed by atoms with van der Waals surface area (Å²) in [4.78, 5) is 12.4. The molecule has 56 heavy (non-hydrogen) atoms. The van der Waals surface area contributed by atoms with Crippen molar-refractivity contribution in [2.24, 2.45) is 0 Å². The molecule has 328 valence electrons. The Kier molecular flexibility index (Phi) is 46.3. The van der Waals surface area contributed by atoms with E-state index in [0.717, 1.165) is 38.5 Å². The van der Waals surface area contributed by atoms with Crippen molar-refractivity contribution in [3.63, 3.8) is 0 Å². The van der Waals surface area contributed by atoms with Crippen LogP contribution in [0, 0.1) is 0 Å². The third-order valence-corrected chi connectivity index (χ3v) is 11.3. The van der Waals surface area contributed by atoms with Gasteiger partial charge in [0.05, 0.1) is 18.8 Å². The zero-order chi connectivity index (χ0) is 40.7. The van der Waals surface area contributed by atoms with E-state index in [2.05, 4.69) is 55.6 Å². The normalized spacial score (nSPS) is 13.3. The van der Waals surface area contributed by atoms with Gasteiger partial charge in [-0.15, -0.1) is 0 Å². The van der Waals surface area contributed by atoms with Gasteiger partial charge in [-0.3, -0.25) is 4.79 Å². The Balaban J connectivity index is 3.61. The molecule has 0 aliphatic rings. The summed E-state index contributed by atoms with van der Waals surface area (Å²) in [6, 6.07) is -0.648. The first kappa shape index (κ1) is 54.3. The van der Waals surface area contributed by atoms with E-state index in [1.54, 1.807) is 6.08 Å². The lowest BCUT2D eigenvalue weighted by molar-refractivity contribution is -0.123. The minimum atomic E-state index is -0.873. The minimum absolute atomic E-state index is 0.0814. The average molecular weight is 784 g/mol. The number of nitrogens with one attached hydrogen (secondary N) is 1. The Morgan fingerprint density at radius 3 is 1.04 bits per heavy atom. The number of carbonyl (C=O) groups is 1. The average Bonchev–Trinajstić information content (AvgIpc) is 3.20. The van der Waals surface area contributed by atoms with Gasteiger partial charge in [-0.25, -0.2) is 0 Å². The monoisotopic (exact) mass is 784 g/mol. The fraction of sp³-hybridized carbons (Fsp3) is 0.827. The van der Waals surface area contributed by atoms with Gasteiger partial charge in [-0.2, -0.15) is 0 Å². The first-order valence-corrected chi connectivity index (χ1v) is 24.9. The largest absolute Gasteiger partial charge is 0.394 e. The Bertz CT molecular complexity index is 893. The van der Waals surface area contributed by atoms with Gasteiger partial charge in [-0.1, -0.05) is 229 Å². The van der Waals surface area contributed by atoms with Crippen molar-refractivity contribution >= 4 is 5.91 Å². The van der Waals surface area contributed by atoms with Gasteiger partial charge in [0.15, 0.2) is 0 Å². The van der Waals surface area contributed by atoms with Crippen LogP contribution in [0.1, 0.15) is 258 Å². The molecule has 0 fully saturated rings. The van der Waals surface area contributed by atoms with Gasteiger partial charge in [0.25, 0.3) is 0 Å². The summed E-state index contributed by atoms with van der Waals surface area (Å²) in [5.74, 6) is -0.0814. The second kappa shape index (κ2) is 47.7. The van der Waals surface area contributed by atoms with Crippen LogP contribution < -0.4 is 5.32 Å². The lowest BCUT2D eigenvalue weighted by atomic mass is 10.0. The maximum atomic E-state index is 12.4. The lowest BCUT2D eigenvalue weighted by Gasteiger charge is -2.19. The molecule has 0 radical (unpaired) electrons. The summed E-state index contributed by atoms with van der Waals surface area (Å²) in [5, 5.41) is 23.1. The van der Waals surface area contributed by atoms with E-state index in [-0.39, 0.29) is 12.5 Å². The lowest BCUT2D eigenvalue weighted by Crippen LogP contribution is -2.45. The molecule has 0 aromatic heterocycles. The maximum absolute atomic E-state index is 12.4. The molecule has 0 spiro atoms. The van der Waals surface area contributed by atoms with Crippen molar-refractivity contribution in [2.75, 3.05) is 6.61 Å². The van der Waals surface area contributed by atoms with Crippen LogP contribution in [0.4, 0.5) is 0 Å². The number of aliphatic hydroxyl groups is 2. The molecule has 0 aliphatic heterocycles. The molecule has 4 heteroatoms. The third-order valence-electron chi connectivity index (χ3n) is 11.3. The van der Waals surface area contributed by atoms with Crippen LogP contribution in [0.25, 0.3) is 0 Å². The maximum Gasteiger partial charge on any atom is 0.220 e. The van der Waals surface area contributed by atoms with Gasteiger partial charge >= 0.3 is 0 Å². The Morgan fingerprint density at radius 2 is 0.696 bits per heavy atom. The Hall–Kier alpha value is -1.65. The van der Waals surface area contributed by atoms with Crippen LogP contribution >= 0.6 is 0 Å². The molecule has 1 amide bonds. The highest BCUT2D eigenvalue weighted by molar-refractivity contribution is 5.76. The van der Waals surface area contributed by atoms with Gasteiger partial charge in [-0.05, 0) is 70.6 Å². The van der Waals surface area contributed by atoms with Crippen molar-refractivity contribution in [2.45, 2.75) is 270 Å². The zero-order valence-electron chi connectivity index (χ0n) is 37.7. The molecule has 0 saturated heterocycles. The van der Waals surface area contributed by atoms with Crippen molar-refractivity contribution in [1.29, 1.82) is 0 Å². The molecule has 0 heterocycles. The molecule has 0 aromatic carbocycles. The molecule has 0 aliphatic carbocycles. The number of aliphatic hydroxyl groups excluding tert-OH is 2. The second-order valence-corrected chi connectivity index (χ2v) is 16.9. The quantitative estimate of drug-likeness (QED) is 0.0425. The van der Waals surface area contributed by atoms with Crippen molar-refractivity contribution in [1.82, 2.24) is 5.32 Å². The van der Waals surface area contributed by atoms with E-state index in [1.165, 1.54) is 199 Å². The van der Waals surface area contributed by atoms with E-state index in [4.69, 9.17) is 0 Å². The van der Waals surface area contributed by atoms with Crippen LogP contribution in [0.3, 0.4) is 0 Å². The summed E-state index contributed by atoms with van der Waals surface area (Å²) >= 11 is 0. The molecular formula is C52H97NO3. The molecule has 2 unspecified atom stereocenters.